The van der Waals surface area contributed by atoms with E-state index in [4.69, 9.17) is 0 Å². The molecule has 0 radical (unpaired) electrons. The average molecular weight is 382 g/mol. The van der Waals surface area contributed by atoms with Gasteiger partial charge in [-0.05, 0) is 31.9 Å². The Labute approximate surface area is 164 Å². The van der Waals surface area contributed by atoms with Gasteiger partial charge in [0.25, 0.3) is 0 Å². The van der Waals surface area contributed by atoms with Crippen LogP contribution in [0, 0.1) is 0 Å². The molecular formula is C20H26N6O2. The molecule has 148 valence electrons. The van der Waals surface area contributed by atoms with Gasteiger partial charge in [-0.3, -0.25) is 14.6 Å². The summed E-state index contributed by atoms with van der Waals surface area (Å²) in [4.78, 5) is 30.4. The third-order valence-electron chi connectivity index (χ3n) is 4.97. The van der Waals surface area contributed by atoms with Crippen LogP contribution in [0.1, 0.15) is 37.5 Å². The Kier molecular flexibility index (Phi) is 6.52. The summed E-state index contributed by atoms with van der Waals surface area (Å²) >= 11 is 0. The van der Waals surface area contributed by atoms with Crippen molar-refractivity contribution < 1.29 is 9.59 Å². The average Bonchev–Trinajstić information content (AvgIpc) is 2.99. The number of nitrogens with zero attached hydrogens (tertiary/aromatic N) is 5. The monoisotopic (exact) mass is 382 g/mol. The molecule has 8 nitrogen and oxygen atoms in total. The van der Waals surface area contributed by atoms with E-state index in [-0.39, 0.29) is 11.8 Å². The van der Waals surface area contributed by atoms with Gasteiger partial charge in [-0.15, -0.1) is 10.2 Å². The van der Waals surface area contributed by atoms with Crippen molar-refractivity contribution in [2.24, 2.45) is 0 Å². The fraction of sp³-hybridized carbons (Fsp3) is 0.450. The number of hydrogen-bond acceptors (Lipinski definition) is 5. The van der Waals surface area contributed by atoms with Crippen LogP contribution in [0.25, 0.3) is 0 Å². The van der Waals surface area contributed by atoms with Crippen molar-refractivity contribution in [3.8, 4) is 0 Å². The highest BCUT2D eigenvalue weighted by Gasteiger charge is 2.22. The molecule has 1 aliphatic rings. The smallest absolute Gasteiger partial charge is 0.249 e. The number of carbonyl (C=O) groups is 2. The molecule has 28 heavy (non-hydrogen) atoms. The van der Waals surface area contributed by atoms with Gasteiger partial charge in [-0.25, -0.2) is 0 Å². The van der Waals surface area contributed by atoms with Gasteiger partial charge in [0.05, 0.1) is 6.54 Å². The summed E-state index contributed by atoms with van der Waals surface area (Å²) in [5, 5.41) is 11.4. The minimum atomic E-state index is -0.0321. The predicted molar refractivity (Wildman–Crippen MR) is 104 cm³/mol. The third-order valence-corrected chi connectivity index (χ3v) is 4.97. The van der Waals surface area contributed by atoms with Gasteiger partial charge < -0.3 is 14.8 Å². The maximum atomic E-state index is 12.4. The minimum absolute atomic E-state index is 0.0321. The number of aryl methyl sites for hydroxylation is 1. The molecule has 2 aromatic heterocycles. The highest BCUT2D eigenvalue weighted by atomic mass is 16.2. The fourth-order valence-corrected chi connectivity index (χ4v) is 3.16. The molecule has 2 amide bonds. The molecule has 0 saturated carbocycles. The van der Waals surface area contributed by atoms with Crippen LogP contribution in [0.15, 0.2) is 36.2 Å². The van der Waals surface area contributed by atoms with Gasteiger partial charge in [0.1, 0.15) is 5.82 Å². The minimum Gasteiger partial charge on any atom is -0.349 e. The van der Waals surface area contributed by atoms with Crippen LogP contribution in [-0.4, -0.2) is 49.6 Å². The largest absolute Gasteiger partial charge is 0.349 e. The van der Waals surface area contributed by atoms with E-state index in [2.05, 4.69) is 20.5 Å². The number of fused-ring (bicyclic) bond motifs is 1. The van der Waals surface area contributed by atoms with E-state index in [0.29, 0.717) is 45.4 Å². The van der Waals surface area contributed by atoms with Crippen LogP contribution in [0.3, 0.4) is 0 Å². The van der Waals surface area contributed by atoms with Crippen molar-refractivity contribution in [1.82, 2.24) is 30.0 Å². The van der Waals surface area contributed by atoms with Crippen LogP contribution in [-0.2, 0) is 35.5 Å². The summed E-state index contributed by atoms with van der Waals surface area (Å²) in [6.07, 6.45) is 7.03. The van der Waals surface area contributed by atoms with E-state index < -0.39 is 0 Å². The molecule has 2 aromatic rings. The zero-order valence-corrected chi connectivity index (χ0v) is 16.4. The molecular weight excluding hydrogens is 356 g/mol. The molecule has 3 rings (SSSR count). The highest BCUT2D eigenvalue weighted by Crippen LogP contribution is 2.12. The van der Waals surface area contributed by atoms with Crippen LogP contribution >= 0.6 is 0 Å². The number of amides is 2. The summed E-state index contributed by atoms with van der Waals surface area (Å²) in [5.74, 6) is 1.61. The Balaban J connectivity index is 1.53. The molecule has 8 heteroatoms. The Bertz CT molecular complexity index is 859. The molecule has 1 aliphatic heterocycles. The SMILES string of the molecule is C/C=C(\C)C(=O)N1CCc2nnc(CNC(=O)CCc3cccnc3)n2CC1. The maximum Gasteiger partial charge on any atom is 0.249 e. The lowest BCUT2D eigenvalue weighted by atomic mass is 10.1. The normalized spacial score (nSPS) is 14.4. The highest BCUT2D eigenvalue weighted by molar-refractivity contribution is 5.92. The second-order valence-corrected chi connectivity index (χ2v) is 6.84. The van der Waals surface area contributed by atoms with E-state index in [9.17, 15) is 9.59 Å². The standard InChI is InChI=1S/C20H26N6O2/c1-3-15(2)20(28)25-10-8-17-23-24-18(26(17)12-11-25)14-22-19(27)7-6-16-5-4-9-21-13-16/h3-5,9,13H,6-8,10-12,14H2,1-2H3,(H,22,27)/b15-3+. The lowest BCUT2D eigenvalue weighted by Gasteiger charge is -2.20. The van der Waals surface area contributed by atoms with Gasteiger partial charge >= 0.3 is 0 Å². The number of allylic oxidation sites excluding steroid dienone is 1. The Morgan fingerprint density at radius 2 is 2.11 bits per heavy atom. The first-order valence-corrected chi connectivity index (χ1v) is 9.57. The second-order valence-electron chi connectivity index (χ2n) is 6.84. The number of pyridine rings is 1. The molecule has 1 N–H and O–H groups in total. The molecule has 0 fully saturated rings. The number of hydrogen-bond donors (Lipinski definition) is 1. The van der Waals surface area contributed by atoms with Gasteiger partial charge in [0.2, 0.25) is 11.8 Å². The summed E-state index contributed by atoms with van der Waals surface area (Å²) in [7, 11) is 0. The fourth-order valence-electron chi connectivity index (χ4n) is 3.16. The zero-order chi connectivity index (χ0) is 19.9. The number of carbonyl (C=O) groups excluding carboxylic acids is 2. The third kappa shape index (κ3) is 4.82. The molecule has 0 aliphatic carbocycles. The van der Waals surface area contributed by atoms with Gasteiger partial charge in [0.15, 0.2) is 5.82 Å². The van der Waals surface area contributed by atoms with Crippen LogP contribution in [0.5, 0.6) is 0 Å². The first kappa shape index (κ1) is 19.7. The van der Waals surface area contributed by atoms with E-state index in [1.807, 2.05) is 41.5 Å². The van der Waals surface area contributed by atoms with Crippen LogP contribution < -0.4 is 5.32 Å². The van der Waals surface area contributed by atoms with E-state index >= 15 is 0 Å². The first-order chi connectivity index (χ1) is 13.6. The van der Waals surface area contributed by atoms with Crippen molar-refractivity contribution in [3.05, 3.63) is 53.4 Å². The van der Waals surface area contributed by atoms with E-state index in [0.717, 1.165) is 22.8 Å². The van der Waals surface area contributed by atoms with Crippen LogP contribution in [0.4, 0.5) is 0 Å². The van der Waals surface area contributed by atoms with Crippen LogP contribution in [0.2, 0.25) is 0 Å². The Morgan fingerprint density at radius 1 is 1.25 bits per heavy atom. The van der Waals surface area contributed by atoms with Crippen molar-refractivity contribution in [3.63, 3.8) is 0 Å². The van der Waals surface area contributed by atoms with Crippen molar-refractivity contribution in [2.45, 2.75) is 46.2 Å². The Morgan fingerprint density at radius 3 is 2.86 bits per heavy atom. The molecule has 0 spiro atoms. The van der Waals surface area contributed by atoms with Crippen molar-refractivity contribution >= 4 is 11.8 Å². The van der Waals surface area contributed by atoms with Gasteiger partial charge in [-0.1, -0.05) is 12.1 Å². The van der Waals surface area contributed by atoms with Gasteiger partial charge in [-0.2, -0.15) is 0 Å². The second kappa shape index (κ2) is 9.25. The summed E-state index contributed by atoms with van der Waals surface area (Å²) in [5.41, 5.74) is 1.79. The zero-order valence-electron chi connectivity index (χ0n) is 16.4. The molecule has 0 aromatic carbocycles. The lowest BCUT2D eigenvalue weighted by Crippen LogP contribution is -2.34. The summed E-state index contributed by atoms with van der Waals surface area (Å²) in [6, 6.07) is 3.83. The first-order valence-electron chi connectivity index (χ1n) is 9.57. The molecule has 0 atom stereocenters. The number of aromatic nitrogens is 4. The summed E-state index contributed by atoms with van der Waals surface area (Å²) in [6.45, 7) is 5.90. The quantitative estimate of drug-likeness (QED) is 0.760. The number of nitrogens with one attached hydrogen (secondary N) is 1. The number of rotatable bonds is 6. The Hall–Kier alpha value is -3.03. The maximum absolute atomic E-state index is 12.4. The lowest BCUT2D eigenvalue weighted by molar-refractivity contribution is -0.127. The molecule has 0 bridgehead atoms. The van der Waals surface area contributed by atoms with Crippen molar-refractivity contribution in [1.29, 1.82) is 0 Å². The van der Waals surface area contributed by atoms with E-state index in [1.165, 1.54) is 0 Å². The molecule has 0 unspecified atom stereocenters. The van der Waals surface area contributed by atoms with E-state index in [1.54, 1.807) is 12.4 Å². The molecule has 3 heterocycles. The molecule has 0 saturated heterocycles. The van der Waals surface area contributed by atoms with Gasteiger partial charge in [0, 0.05) is 50.4 Å². The topological polar surface area (TPSA) is 93.0 Å². The predicted octanol–water partition coefficient (Wildman–Crippen LogP) is 1.27. The summed E-state index contributed by atoms with van der Waals surface area (Å²) < 4.78 is 2.01. The van der Waals surface area contributed by atoms with Crippen molar-refractivity contribution in [2.75, 3.05) is 13.1 Å².